The summed E-state index contributed by atoms with van der Waals surface area (Å²) in [7, 11) is 1.99. The predicted octanol–water partition coefficient (Wildman–Crippen LogP) is 2.74. The van der Waals surface area contributed by atoms with Crippen LogP contribution in [0.4, 0.5) is 4.39 Å². The van der Waals surface area contributed by atoms with E-state index >= 15 is 0 Å². The number of hydrogen-bond acceptors (Lipinski definition) is 2. The van der Waals surface area contributed by atoms with Crippen molar-refractivity contribution in [3.8, 4) is 5.75 Å². The summed E-state index contributed by atoms with van der Waals surface area (Å²) in [6.07, 6.45) is 4.80. The lowest BCUT2D eigenvalue weighted by Gasteiger charge is -2.29. The van der Waals surface area contributed by atoms with Crippen molar-refractivity contribution in [1.82, 2.24) is 5.32 Å². The lowest BCUT2D eigenvalue weighted by Crippen LogP contribution is -2.36. The first-order chi connectivity index (χ1) is 7.78. The van der Waals surface area contributed by atoms with Crippen LogP contribution in [-0.2, 0) is 0 Å². The average Bonchev–Trinajstić information content (AvgIpc) is 2.32. The number of benzene rings is 1. The van der Waals surface area contributed by atoms with Gasteiger partial charge in [-0.05, 0) is 57.0 Å². The monoisotopic (exact) mass is 223 g/mol. The number of rotatable bonds is 3. The van der Waals surface area contributed by atoms with Crippen LogP contribution in [0.5, 0.6) is 5.75 Å². The van der Waals surface area contributed by atoms with Crippen LogP contribution in [-0.4, -0.2) is 19.2 Å². The molecule has 0 spiro atoms. The SMILES string of the molecule is CNC1CCCC(Oc2ccc(F)cc2)C1. The van der Waals surface area contributed by atoms with Crippen molar-refractivity contribution in [1.29, 1.82) is 0 Å². The Kier molecular flexibility index (Phi) is 3.78. The average molecular weight is 223 g/mol. The number of ether oxygens (including phenoxy) is 1. The Bertz CT molecular complexity index is 325. The second-order valence-electron chi connectivity index (χ2n) is 4.35. The van der Waals surface area contributed by atoms with E-state index in [4.69, 9.17) is 4.74 Å². The van der Waals surface area contributed by atoms with Crippen molar-refractivity contribution in [2.24, 2.45) is 0 Å². The molecule has 2 nitrogen and oxygen atoms in total. The molecule has 0 amide bonds. The van der Waals surface area contributed by atoms with Crippen LogP contribution in [0, 0.1) is 5.82 Å². The highest BCUT2D eigenvalue weighted by atomic mass is 19.1. The quantitative estimate of drug-likeness (QED) is 0.850. The van der Waals surface area contributed by atoms with Gasteiger partial charge in [-0.15, -0.1) is 0 Å². The zero-order valence-electron chi connectivity index (χ0n) is 9.58. The van der Waals surface area contributed by atoms with Gasteiger partial charge in [0.25, 0.3) is 0 Å². The molecule has 0 aromatic heterocycles. The van der Waals surface area contributed by atoms with Crippen molar-refractivity contribution < 1.29 is 9.13 Å². The van der Waals surface area contributed by atoms with E-state index in [1.54, 1.807) is 12.1 Å². The van der Waals surface area contributed by atoms with Gasteiger partial charge in [0.2, 0.25) is 0 Å². The van der Waals surface area contributed by atoms with Crippen LogP contribution < -0.4 is 10.1 Å². The summed E-state index contributed by atoms with van der Waals surface area (Å²) in [6.45, 7) is 0. The number of hydrogen-bond donors (Lipinski definition) is 1. The minimum absolute atomic E-state index is 0.218. The number of halogens is 1. The summed E-state index contributed by atoms with van der Waals surface area (Å²) < 4.78 is 18.6. The van der Waals surface area contributed by atoms with Crippen molar-refractivity contribution in [2.45, 2.75) is 37.8 Å². The van der Waals surface area contributed by atoms with Gasteiger partial charge >= 0.3 is 0 Å². The van der Waals surface area contributed by atoms with Crippen LogP contribution >= 0.6 is 0 Å². The molecular weight excluding hydrogens is 205 g/mol. The van der Waals surface area contributed by atoms with Gasteiger partial charge in [-0.1, -0.05) is 0 Å². The second-order valence-corrected chi connectivity index (χ2v) is 4.35. The standard InChI is InChI=1S/C13H18FNO/c1-15-11-3-2-4-13(9-11)16-12-7-5-10(14)6-8-12/h5-8,11,13,15H,2-4,9H2,1H3. The first kappa shape index (κ1) is 11.4. The summed E-state index contributed by atoms with van der Waals surface area (Å²) in [5, 5.41) is 3.29. The Labute approximate surface area is 95.8 Å². The van der Waals surface area contributed by atoms with Crippen molar-refractivity contribution in [3.05, 3.63) is 30.1 Å². The molecule has 1 aliphatic carbocycles. The zero-order valence-corrected chi connectivity index (χ0v) is 9.58. The van der Waals surface area contributed by atoms with Gasteiger partial charge in [0.05, 0.1) is 0 Å². The molecule has 1 aliphatic rings. The molecule has 88 valence electrons. The summed E-state index contributed by atoms with van der Waals surface area (Å²) in [6, 6.07) is 6.82. The van der Waals surface area contributed by atoms with Gasteiger partial charge in [-0.25, -0.2) is 4.39 Å². The molecule has 0 radical (unpaired) electrons. The summed E-state index contributed by atoms with van der Waals surface area (Å²) >= 11 is 0. The molecule has 1 N–H and O–H groups in total. The smallest absolute Gasteiger partial charge is 0.123 e. The Morgan fingerprint density at radius 1 is 1.25 bits per heavy atom. The molecular formula is C13H18FNO. The van der Waals surface area contributed by atoms with Crippen LogP contribution in [0.3, 0.4) is 0 Å². The lowest BCUT2D eigenvalue weighted by molar-refractivity contribution is 0.137. The largest absolute Gasteiger partial charge is 0.490 e. The molecule has 1 saturated carbocycles. The molecule has 0 bridgehead atoms. The molecule has 1 fully saturated rings. The third kappa shape index (κ3) is 2.95. The van der Waals surface area contributed by atoms with E-state index in [-0.39, 0.29) is 11.9 Å². The zero-order chi connectivity index (χ0) is 11.4. The normalized spacial score (nSPS) is 25.4. The number of nitrogens with one attached hydrogen (secondary N) is 1. The molecule has 1 aromatic rings. The van der Waals surface area contributed by atoms with Gasteiger partial charge in [0.15, 0.2) is 0 Å². The lowest BCUT2D eigenvalue weighted by atomic mass is 9.93. The predicted molar refractivity (Wildman–Crippen MR) is 62.1 cm³/mol. The van der Waals surface area contributed by atoms with Crippen LogP contribution in [0.15, 0.2) is 24.3 Å². The molecule has 2 rings (SSSR count). The minimum Gasteiger partial charge on any atom is -0.490 e. The molecule has 2 unspecified atom stereocenters. The fraction of sp³-hybridized carbons (Fsp3) is 0.538. The maximum atomic E-state index is 12.7. The highest BCUT2D eigenvalue weighted by molar-refractivity contribution is 5.22. The van der Waals surface area contributed by atoms with Crippen molar-refractivity contribution in [2.75, 3.05) is 7.05 Å². The van der Waals surface area contributed by atoms with E-state index in [0.29, 0.717) is 6.04 Å². The molecule has 0 saturated heterocycles. The Hall–Kier alpha value is -1.09. The molecule has 1 aromatic carbocycles. The second kappa shape index (κ2) is 5.30. The van der Waals surface area contributed by atoms with Crippen LogP contribution in [0.25, 0.3) is 0 Å². The van der Waals surface area contributed by atoms with Crippen molar-refractivity contribution >= 4 is 0 Å². The van der Waals surface area contributed by atoms with Gasteiger partial charge < -0.3 is 10.1 Å². The summed E-state index contributed by atoms with van der Waals surface area (Å²) in [5.74, 6) is 0.548. The van der Waals surface area contributed by atoms with Gasteiger partial charge in [0, 0.05) is 6.04 Å². The maximum Gasteiger partial charge on any atom is 0.123 e. The van der Waals surface area contributed by atoms with Gasteiger partial charge in [-0.3, -0.25) is 0 Å². The third-order valence-electron chi connectivity index (χ3n) is 3.15. The summed E-state index contributed by atoms with van der Waals surface area (Å²) in [4.78, 5) is 0. The fourth-order valence-electron chi connectivity index (χ4n) is 2.22. The molecule has 16 heavy (non-hydrogen) atoms. The van der Waals surface area contributed by atoms with Crippen LogP contribution in [0.1, 0.15) is 25.7 Å². The van der Waals surface area contributed by atoms with Crippen LogP contribution in [0.2, 0.25) is 0 Å². The van der Waals surface area contributed by atoms with E-state index in [0.717, 1.165) is 18.6 Å². The highest BCUT2D eigenvalue weighted by Crippen LogP contribution is 2.23. The van der Waals surface area contributed by atoms with Gasteiger partial charge in [0.1, 0.15) is 17.7 Å². The van der Waals surface area contributed by atoms with E-state index in [1.165, 1.54) is 25.0 Å². The molecule has 2 atom stereocenters. The summed E-state index contributed by atoms with van der Waals surface area (Å²) in [5.41, 5.74) is 0. The fourth-order valence-corrected chi connectivity index (χ4v) is 2.22. The minimum atomic E-state index is -0.218. The first-order valence-electron chi connectivity index (χ1n) is 5.87. The van der Waals surface area contributed by atoms with Crippen molar-refractivity contribution in [3.63, 3.8) is 0 Å². The third-order valence-corrected chi connectivity index (χ3v) is 3.15. The molecule has 0 aliphatic heterocycles. The molecule has 0 heterocycles. The Morgan fingerprint density at radius 2 is 2.00 bits per heavy atom. The van der Waals surface area contributed by atoms with Gasteiger partial charge in [-0.2, -0.15) is 0 Å². The van der Waals surface area contributed by atoms with E-state index in [1.807, 2.05) is 7.05 Å². The Balaban J connectivity index is 1.91. The Morgan fingerprint density at radius 3 is 2.69 bits per heavy atom. The maximum absolute atomic E-state index is 12.7. The highest BCUT2D eigenvalue weighted by Gasteiger charge is 2.21. The first-order valence-corrected chi connectivity index (χ1v) is 5.87. The van der Waals surface area contributed by atoms with E-state index < -0.39 is 0 Å². The molecule has 3 heteroatoms. The van der Waals surface area contributed by atoms with E-state index in [2.05, 4.69) is 5.32 Å². The van der Waals surface area contributed by atoms with E-state index in [9.17, 15) is 4.39 Å². The topological polar surface area (TPSA) is 21.3 Å².